The van der Waals surface area contributed by atoms with E-state index in [0.29, 0.717) is 6.04 Å². The molecular weight excluding hydrogens is 212 g/mol. The Kier molecular flexibility index (Phi) is 4.40. The normalized spacial score (nSPS) is 20.7. The van der Waals surface area contributed by atoms with E-state index in [2.05, 4.69) is 24.0 Å². The van der Waals surface area contributed by atoms with Crippen molar-refractivity contribution in [3.8, 4) is 5.75 Å². The third-order valence-electron chi connectivity index (χ3n) is 3.41. The van der Waals surface area contributed by atoms with Gasteiger partial charge in [0.15, 0.2) is 0 Å². The molecule has 94 valence electrons. The van der Waals surface area contributed by atoms with Gasteiger partial charge in [0.1, 0.15) is 12.4 Å². The first-order valence-corrected chi connectivity index (χ1v) is 6.43. The predicted molar refractivity (Wildman–Crippen MR) is 70.3 cm³/mol. The van der Waals surface area contributed by atoms with Crippen molar-refractivity contribution in [3.63, 3.8) is 0 Å². The molecule has 0 aliphatic carbocycles. The van der Waals surface area contributed by atoms with Gasteiger partial charge in [0, 0.05) is 19.1 Å². The number of hydrogen-bond donors (Lipinski definition) is 1. The van der Waals surface area contributed by atoms with Crippen molar-refractivity contribution < 1.29 is 4.74 Å². The van der Waals surface area contributed by atoms with E-state index in [0.717, 1.165) is 25.4 Å². The summed E-state index contributed by atoms with van der Waals surface area (Å²) in [7, 11) is 0. The molecule has 0 saturated carbocycles. The maximum absolute atomic E-state index is 5.76. The average Bonchev–Trinajstić information content (AvgIpc) is 2.77. The molecule has 2 rings (SSSR count). The first-order chi connectivity index (χ1) is 8.29. The molecule has 3 heteroatoms. The van der Waals surface area contributed by atoms with Gasteiger partial charge in [0.05, 0.1) is 0 Å². The smallest absolute Gasteiger partial charge is 0.119 e. The van der Waals surface area contributed by atoms with E-state index < -0.39 is 0 Å². The number of likely N-dealkylation sites (tertiary alicyclic amines) is 1. The third kappa shape index (κ3) is 3.45. The first-order valence-electron chi connectivity index (χ1n) is 6.43. The topological polar surface area (TPSA) is 38.5 Å². The zero-order chi connectivity index (χ0) is 12.1. The second-order valence-electron chi connectivity index (χ2n) is 4.73. The molecule has 1 unspecified atom stereocenters. The third-order valence-corrected chi connectivity index (χ3v) is 3.41. The van der Waals surface area contributed by atoms with Crippen LogP contribution in [0.4, 0.5) is 0 Å². The monoisotopic (exact) mass is 234 g/mol. The molecule has 0 spiro atoms. The molecule has 0 radical (unpaired) electrons. The Morgan fingerprint density at radius 1 is 1.47 bits per heavy atom. The molecule has 17 heavy (non-hydrogen) atoms. The van der Waals surface area contributed by atoms with E-state index in [1.54, 1.807) is 0 Å². The number of aryl methyl sites for hydroxylation is 1. The van der Waals surface area contributed by atoms with Crippen LogP contribution in [-0.4, -0.2) is 37.2 Å². The first kappa shape index (κ1) is 12.4. The van der Waals surface area contributed by atoms with Crippen molar-refractivity contribution in [2.45, 2.75) is 25.8 Å². The summed E-state index contributed by atoms with van der Waals surface area (Å²) in [5, 5.41) is 0. The van der Waals surface area contributed by atoms with Crippen LogP contribution in [0.2, 0.25) is 0 Å². The molecule has 1 aromatic rings. The molecule has 1 atom stereocenters. The zero-order valence-corrected chi connectivity index (χ0v) is 10.6. The van der Waals surface area contributed by atoms with Crippen molar-refractivity contribution >= 4 is 0 Å². The summed E-state index contributed by atoms with van der Waals surface area (Å²) in [5.74, 6) is 0.966. The quantitative estimate of drug-likeness (QED) is 0.844. The van der Waals surface area contributed by atoms with Gasteiger partial charge in [-0.25, -0.2) is 0 Å². The lowest BCUT2D eigenvalue weighted by atomic mass is 10.2. The molecule has 1 aliphatic heterocycles. The van der Waals surface area contributed by atoms with Crippen LogP contribution in [0, 0.1) is 6.92 Å². The molecule has 2 N–H and O–H groups in total. The Labute approximate surface area is 104 Å². The summed E-state index contributed by atoms with van der Waals surface area (Å²) in [4.78, 5) is 2.44. The average molecular weight is 234 g/mol. The molecule has 3 nitrogen and oxygen atoms in total. The van der Waals surface area contributed by atoms with Crippen LogP contribution < -0.4 is 10.5 Å². The van der Waals surface area contributed by atoms with Gasteiger partial charge < -0.3 is 10.5 Å². The molecule has 1 aliphatic rings. The second kappa shape index (κ2) is 6.03. The minimum atomic E-state index is 0.566. The minimum absolute atomic E-state index is 0.566. The molecule has 1 aromatic carbocycles. The maximum Gasteiger partial charge on any atom is 0.119 e. The highest BCUT2D eigenvalue weighted by atomic mass is 16.5. The SMILES string of the molecule is Cc1cccc(OCCN2CCCC2CN)c1. The van der Waals surface area contributed by atoms with Gasteiger partial charge in [0.2, 0.25) is 0 Å². The fourth-order valence-electron chi connectivity index (χ4n) is 2.44. The lowest BCUT2D eigenvalue weighted by molar-refractivity contribution is 0.199. The van der Waals surface area contributed by atoms with Crippen LogP contribution in [-0.2, 0) is 0 Å². The van der Waals surface area contributed by atoms with Crippen LogP contribution >= 0.6 is 0 Å². The summed E-state index contributed by atoms with van der Waals surface area (Å²) in [6.07, 6.45) is 2.51. The molecule has 1 saturated heterocycles. The maximum atomic E-state index is 5.76. The number of nitrogens with zero attached hydrogens (tertiary/aromatic N) is 1. The van der Waals surface area contributed by atoms with Crippen molar-refractivity contribution in [1.82, 2.24) is 4.90 Å². The lowest BCUT2D eigenvalue weighted by Crippen LogP contribution is -2.37. The second-order valence-corrected chi connectivity index (χ2v) is 4.73. The van der Waals surface area contributed by atoms with Crippen LogP contribution in [0.5, 0.6) is 5.75 Å². The van der Waals surface area contributed by atoms with Crippen LogP contribution in [0.25, 0.3) is 0 Å². The highest BCUT2D eigenvalue weighted by Crippen LogP contribution is 2.16. The van der Waals surface area contributed by atoms with Crippen molar-refractivity contribution in [3.05, 3.63) is 29.8 Å². The van der Waals surface area contributed by atoms with E-state index in [-0.39, 0.29) is 0 Å². The highest BCUT2D eigenvalue weighted by Gasteiger charge is 2.22. The molecule has 1 fully saturated rings. The molecule has 1 heterocycles. The summed E-state index contributed by atoms with van der Waals surface area (Å²) in [6, 6.07) is 8.76. The number of hydrogen-bond acceptors (Lipinski definition) is 3. The fraction of sp³-hybridized carbons (Fsp3) is 0.571. The van der Waals surface area contributed by atoms with Gasteiger partial charge in [-0.3, -0.25) is 4.90 Å². The Bertz CT molecular complexity index is 354. The van der Waals surface area contributed by atoms with Crippen molar-refractivity contribution in [2.24, 2.45) is 5.73 Å². The minimum Gasteiger partial charge on any atom is -0.492 e. The Morgan fingerprint density at radius 3 is 3.12 bits per heavy atom. The van der Waals surface area contributed by atoms with Crippen LogP contribution in [0.1, 0.15) is 18.4 Å². The Balaban J connectivity index is 1.76. The van der Waals surface area contributed by atoms with Gasteiger partial charge in [-0.1, -0.05) is 12.1 Å². The van der Waals surface area contributed by atoms with E-state index in [9.17, 15) is 0 Å². The van der Waals surface area contributed by atoms with Gasteiger partial charge in [0.25, 0.3) is 0 Å². The number of benzene rings is 1. The molecule has 0 aromatic heterocycles. The Morgan fingerprint density at radius 2 is 2.35 bits per heavy atom. The van der Waals surface area contributed by atoms with Gasteiger partial charge in [-0.05, 0) is 44.0 Å². The highest BCUT2D eigenvalue weighted by molar-refractivity contribution is 5.27. The molecular formula is C14H22N2O. The fourth-order valence-corrected chi connectivity index (χ4v) is 2.44. The standard InChI is InChI=1S/C14H22N2O/c1-12-4-2-6-14(10-12)17-9-8-16-7-3-5-13(16)11-15/h2,4,6,10,13H,3,5,7-9,11,15H2,1H3. The van der Waals surface area contributed by atoms with E-state index >= 15 is 0 Å². The van der Waals surface area contributed by atoms with E-state index in [1.165, 1.54) is 24.9 Å². The van der Waals surface area contributed by atoms with Crippen molar-refractivity contribution in [2.75, 3.05) is 26.2 Å². The number of nitrogens with two attached hydrogens (primary N) is 1. The number of rotatable bonds is 5. The van der Waals surface area contributed by atoms with Crippen molar-refractivity contribution in [1.29, 1.82) is 0 Å². The summed E-state index contributed by atoms with van der Waals surface area (Å²) in [5.41, 5.74) is 6.98. The summed E-state index contributed by atoms with van der Waals surface area (Å²) >= 11 is 0. The molecule has 0 amide bonds. The molecule has 0 bridgehead atoms. The summed E-state index contributed by atoms with van der Waals surface area (Å²) in [6.45, 7) is 5.75. The van der Waals surface area contributed by atoms with E-state index in [1.807, 2.05) is 12.1 Å². The van der Waals surface area contributed by atoms with Gasteiger partial charge in [-0.15, -0.1) is 0 Å². The Hall–Kier alpha value is -1.06. The van der Waals surface area contributed by atoms with Gasteiger partial charge in [-0.2, -0.15) is 0 Å². The summed E-state index contributed by atoms with van der Waals surface area (Å²) < 4.78 is 5.76. The zero-order valence-electron chi connectivity index (χ0n) is 10.6. The van der Waals surface area contributed by atoms with E-state index in [4.69, 9.17) is 10.5 Å². The number of ether oxygens (including phenoxy) is 1. The van der Waals surface area contributed by atoms with Crippen LogP contribution in [0.15, 0.2) is 24.3 Å². The predicted octanol–water partition coefficient (Wildman–Crippen LogP) is 1.80. The van der Waals surface area contributed by atoms with Crippen LogP contribution in [0.3, 0.4) is 0 Å². The lowest BCUT2D eigenvalue weighted by Gasteiger charge is -2.22. The largest absolute Gasteiger partial charge is 0.492 e. The van der Waals surface area contributed by atoms with Gasteiger partial charge >= 0.3 is 0 Å².